The van der Waals surface area contributed by atoms with Crippen molar-refractivity contribution in [2.45, 2.75) is 19.8 Å². The van der Waals surface area contributed by atoms with Crippen LogP contribution in [0.4, 0.5) is 5.69 Å². The number of anilines is 1. The molecular formula is C16H26N2OS. The Bertz CT molecular complexity index is 392. The normalized spacial score (nSPS) is 16.4. The number of hydrogen-bond donors (Lipinski definition) is 0. The molecule has 2 rings (SSSR count). The second-order valence-electron chi connectivity index (χ2n) is 5.17. The summed E-state index contributed by atoms with van der Waals surface area (Å²) in [4.78, 5) is 5.00. The van der Waals surface area contributed by atoms with Gasteiger partial charge in [0.25, 0.3) is 0 Å². The fourth-order valence-corrected chi connectivity index (χ4v) is 3.59. The van der Waals surface area contributed by atoms with Crippen molar-refractivity contribution < 1.29 is 4.74 Å². The SMILES string of the molecule is CCCCSCN1CCN(c2ccccc2OC)CC1. The average Bonchev–Trinajstić information content (AvgIpc) is 2.52. The molecule has 0 N–H and O–H groups in total. The highest BCUT2D eigenvalue weighted by Crippen LogP contribution is 2.28. The number of hydrogen-bond acceptors (Lipinski definition) is 4. The third-order valence-corrected chi connectivity index (χ3v) is 4.84. The summed E-state index contributed by atoms with van der Waals surface area (Å²) in [5, 5.41) is 0. The second kappa shape index (κ2) is 8.42. The van der Waals surface area contributed by atoms with E-state index in [1.807, 2.05) is 12.1 Å². The van der Waals surface area contributed by atoms with Crippen molar-refractivity contribution in [3.05, 3.63) is 24.3 Å². The van der Waals surface area contributed by atoms with Crippen LogP contribution < -0.4 is 9.64 Å². The summed E-state index contributed by atoms with van der Waals surface area (Å²) >= 11 is 2.07. The van der Waals surface area contributed by atoms with Crippen LogP contribution in [-0.4, -0.2) is 49.8 Å². The van der Waals surface area contributed by atoms with Gasteiger partial charge in [0.15, 0.2) is 0 Å². The Morgan fingerprint density at radius 2 is 1.90 bits per heavy atom. The van der Waals surface area contributed by atoms with Crippen molar-refractivity contribution in [1.82, 2.24) is 4.90 Å². The number of thioether (sulfide) groups is 1. The highest BCUT2D eigenvalue weighted by atomic mass is 32.2. The van der Waals surface area contributed by atoms with Crippen LogP contribution in [0.2, 0.25) is 0 Å². The average molecular weight is 294 g/mol. The smallest absolute Gasteiger partial charge is 0.142 e. The van der Waals surface area contributed by atoms with Crippen molar-refractivity contribution in [3.63, 3.8) is 0 Å². The van der Waals surface area contributed by atoms with Gasteiger partial charge in [-0.1, -0.05) is 25.5 Å². The van der Waals surface area contributed by atoms with Crippen molar-refractivity contribution in [2.75, 3.05) is 49.8 Å². The molecule has 0 saturated carbocycles. The molecule has 112 valence electrons. The van der Waals surface area contributed by atoms with E-state index in [0.717, 1.165) is 31.9 Å². The van der Waals surface area contributed by atoms with Gasteiger partial charge in [0.2, 0.25) is 0 Å². The highest BCUT2D eigenvalue weighted by Gasteiger charge is 2.18. The molecule has 1 aliphatic heterocycles. The van der Waals surface area contributed by atoms with E-state index >= 15 is 0 Å². The van der Waals surface area contributed by atoms with E-state index in [0.29, 0.717) is 0 Å². The number of piperazine rings is 1. The maximum Gasteiger partial charge on any atom is 0.142 e. The fraction of sp³-hybridized carbons (Fsp3) is 0.625. The van der Waals surface area contributed by atoms with E-state index in [2.05, 4.69) is 40.6 Å². The molecule has 0 bridgehead atoms. The van der Waals surface area contributed by atoms with Gasteiger partial charge in [-0.2, -0.15) is 0 Å². The Balaban J connectivity index is 1.79. The van der Waals surface area contributed by atoms with E-state index < -0.39 is 0 Å². The molecule has 0 unspecified atom stereocenters. The molecule has 1 saturated heterocycles. The van der Waals surface area contributed by atoms with Crippen LogP contribution in [0.25, 0.3) is 0 Å². The standard InChI is InChI=1S/C16H26N2OS/c1-3-4-13-20-14-17-9-11-18(12-10-17)15-7-5-6-8-16(15)19-2/h5-8H,3-4,9-14H2,1-2H3. The minimum atomic E-state index is 0.985. The molecule has 1 aliphatic rings. The van der Waals surface area contributed by atoms with Gasteiger partial charge < -0.3 is 9.64 Å². The largest absolute Gasteiger partial charge is 0.495 e. The van der Waals surface area contributed by atoms with Crippen molar-refractivity contribution >= 4 is 17.4 Å². The van der Waals surface area contributed by atoms with Crippen LogP contribution >= 0.6 is 11.8 Å². The molecular weight excluding hydrogens is 268 g/mol. The van der Waals surface area contributed by atoms with Gasteiger partial charge in [-0.3, -0.25) is 4.90 Å². The van der Waals surface area contributed by atoms with Gasteiger partial charge in [-0.25, -0.2) is 0 Å². The lowest BCUT2D eigenvalue weighted by Crippen LogP contribution is -2.46. The predicted octanol–water partition coefficient (Wildman–Crippen LogP) is 3.31. The maximum absolute atomic E-state index is 5.46. The number of ether oxygens (including phenoxy) is 1. The molecule has 1 fully saturated rings. The highest BCUT2D eigenvalue weighted by molar-refractivity contribution is 7.99. The number of nitrogens with zero attached hydrogens (tertiary/aromatic N) is 2. The summed E-state index contributed by atoms with van der Waals surface area (Å²) in [5.74, 6) is 3.46. The van der Waals surface area contributed by atoms with Gasteiger partial charge in [0, 0.05) is 32.1 Å². The maximum atomic E-state index is 5.46. The Kier molecular flexibility index (Phi) is 6.54. The zero-order valence-corrected chi connectivity index (χ0v) is 13.5. The Hall–Kier alpha value is -0.870. The summed E-state index contributed by atoms with van der Waals surface area (Å²) in [5.41, 5.74) is 1.23. The topological polar surface area (TPSA) is 15.7 Å². The molecule has 1 aromatic carbocycles. The Labute approximate surface area is 127 Å². The number of unbranched alkanes of at least 4 members (excludes halogenated alkanes) is 1. The van der Waals surface area contributed by atoms with Gasteiger partial charge in [-0.15, -0.1) is 11.8 Å². The third kappa shape index (κ3) is 4.32. The third-order valence-electron chi connectivity index (χ3n) is 3.71. The van der Waals surface area contributed by atoms with E-state index in [4.69, 9.17) is 4.74 Å². The zero-order chi connectivity index (χ0) is 14.2. The number of methoxy groups -OCH3 is 1. The molecule has 0 aromatic heterocycles. The zero-order valence-electron chi connectivity index (χ0n) is 12.7. The van der Waals surface area contributed by atoms with Crippen molar-refractivity contribution in [2.24, 2.45) is 0 Å². The summed E-state index contributed by atoms with van der Waals surface area (Å²) in [6.45, 7) is 6.74. The molecule has 0 amide bonds. The molecule has 0 spiro atoms. The molecule has 4 heteroatoms. The van der Waals surface area contributed by atoms with Crippen LogP contribution in [0.15, 0.2) is 24.3 Å². The molecule has 0 atom stereocenters. The van der Waals surface area contributed by atoms with Crippen LogP contribution in [0.3, 0.4) is 0 Å². The summed E-state index contributed by atoms with van der Waals surface area (Å²) in [6, 6.07) is 8.32. The first-order valence-corrected chi connectivity index (χ1v) is 8.68. The Morgan fingerprint density at radius 3 is 2.60 bits per heavy atom. The molecule has 0 radical (unpaired) electrons. The first kappa shape index (κ1) is 15.5. The first-order valence-electron chi connectivity index (χ1n) is 7.53. The van der Waals surface area contributed by atoms with Crippen molar-refractivity contribution in [3.8, 4) is 5.75 Å². The summed E-state index contributed by atoms with van der Waals surface area (Å²) < 4.78 is 5.46. The van der Waals surface area contributed by atoms with E-state index in [1.165, 1.54) is 30.2 Å². The van der Waals surface area contributed by atoms with E-state index in [9.17, 15) is 0 Å². The minimum absolute atomic E-state index is 0.985. The quantitative estimate of drug-likeness (QED) is 0.717. The van der Waals surface area contributed by atoms with Gasteiger partial charge in [-0.05, 0) is 24.3 Å². The van der Waals surface area contributed by atoms with Gasteiger partial charge >= 0.3 is 0 Å². The van der Waals surface area contributed by atoms with Crippen molar-refractivity contribution in [1.29, 1.82) is 0 Å². The lowest BCUT2D eigenvalue weighted by atomic mass is 10.2. The number of benzene rings is 1. The first-order chi connectivity index (χ1) is 9.85. The van der Waals surface area contributed by atoms with Crippen LogP contribution in [0.1, 0.15) is 19.8 Å². The molecule has 20 heavy (non-hydrogen) atoms. The fourth-order valence-electron chi connectivity index (χ4n) is 2.45. The lowest BCUT2D eigenvalue weighted by Gasteiger charge is -2.36. The molecule has 0 aliphatic carbocycles. The summed E-state index contributed by atoms with van der Waals surface area (Å²) in [7, 11) is 1.75. The Morgan fingerprint density at radius 1 is 1.15 bits per heavy atom. The van der Waals surface area contributed by atoms with E-state index in [1.54, 1.807) is 7.11 Å². The lowest BCUT2D eigenvalue weighted by molar-refractivity contribution is 0.299. The molecule has 3 nitrogen and oxygen atoms in total. The van der Waals surface area contributed by atoms with Crippen LogP contribution in [-0.2, 0) is 0 Å². The number of rotatable bonds is 7. The number of para-hydroxylation sites is 2. The van der Waals surface area contributed by atoms with Crippen LogP contribution in [0, 0.1) is 0 Å². The molecule has 1 aromatic rings. The van der Waals surface area contributed by atoms with E-state index in [-0.39, 0.29) is 0 Å². The van der Waals surface area contributed by atoms with Gasteiger partial charge in [0.05, 0.1) is 12.8 Å². The second-order valence-corrected chi connectivity index (χ2v) is 6.24. The summed E-state index contributed by atoms with van der Waals surface area (Å²) in [6.07, 6.45) is 2.64. The monoisotopic (exact) mass is 294 g/mol. The minimum Gasteiger partial charge on any atom is -0.495 e. The van der Waals surface area contributed by atoms with Crippen LogP contribution in [0.5, 0.6) is 5.75 Å². The predicted molar refractivity (Wildman–Crippen MR) is 89.0 cm³/mol. The molecule has 1 heterocycles. The van der Waals surface area contributed by atoms with Gasteiger partial charge in [0.1, 0.15) is 5.75 Å².